The molecule has 1 aromatic rings. The molecule has 3 rings (SSSR count). The van der Waals surface area contributed by atoms with Crippen LogP contribution in [0.1, 0.15) is 5.56 Å². The molecule has 102 valence electrons. The molecule has 0 amide bonds. The van der Waals surface area contributed by atoms with E-state index in [4.69, 9.17) is 14.2 Å². The van der Waals surface area contributed by atoms with Crippen molar-refractivity contribution in [2.24, 2.45) is 0 Å². The summed E-state index contributed by atoms with van der Waals surface area (Å²) in [7, 11) is 0. The second kappa shape index (κ2) is 5.88. The fraction of sp³-hybridized carbons (Fsp3) is 0.429. The number of rotatable bonds is 3. The van der Waals surface area contributed by atoms with Gasteiger partial charge >= 0.3 is 0 Å². The third-order valence-electron chi connectivity index (χ3n) is 3.36. The maximum atomic E-state index is 10.3. The van der Waals surface area contributed by atoms with Gasteiger partial charge < -0.3 is 19.3 Å². The summed E-state index contributed by atoms with van der Waals surface area (Å²) in [6.45, 7) is 0.708. The summed E-state index contributed by atoms with van der Waals surface area (Å²) in [5.74, 6) is 0. The van der Waals surface area contributed by atoms with Crippen molar-refractivity contribution in [2.45, 2.75) is 31.0 Å². The molecule has 0 spiro atoms. The summed E-state index contributed by atoms with van der Waals surface area (Å²) in [4.78, 5) is 0. The Morgan fingerprint density at radius 2 is 2.05 bits per heavy atom. The molecule has 0 saturated carbocycles. The van der Waals surface area contributed by atoms with Gasteiger partial charge in [-0.15, -0.1) is 0 Å². The first-order chi connectivity index (χ1) is 9.25. The number of aliphatic hydroxyl groups excluding tert-OH is 1. The Labute approximate surface area is 125 Å². The van der Waals surface area contributed by atoms with E-state index in [1.807, 2.05) is 36.4 Å². The van der Waals surface area contributed by atoms with Gasteiger partial charge in [0.2, 0.25) is 0 Å². The second-order valence-corrected chi connectivity index (χ2v) is 5.89. The molecule has 2 aliphatic rings. The average Bonchev–Trinajstić information content (AvgIpc) is 2.92. The fourth-order valence-electron chi connectivity index (χ4n) is 2.34. The lowest BCUT2D eigenvalue weighted by atomic mass is 9.96. The molecule has 4 nitrogen and oxygen atoms in total. The lowest BCUT2D eigenvalue weighted by Crippen LogP contribution is -2.47. The van der Waals surface area contributed by atoms with Crippen LogP contribution < -0.4 is 0 Å². The Kier molecular flexibility index (Phi) is 4.18. The van der Waals surface area contributed by atoms with Crippen molar-refractivity contribution in [1.29, 1.82) is 0 Å². The van der Waals surface area contributed by atoms with Crippen LogP contribution >= 0.6 is 22.6 Å². The Morgan fingerprint density at radius 1 is 1.26 bits per heavy atom. The average molecular weight is 374 g/mol. The van der Waals surface area contributed by atoms with Gasteiger partial charge in [0.05, 0.1) is 6.61 Å². The molecule has 1 N–H and O–H groups in total. The maximum Gasteiger partial charge on any atom is 0.148 e. The molecule has 1 aromatic carbocycles. The van der Waals surface area contributed by atoms with E-state index in [0.717, 1.165) is 9.14 Å². The van der Waals surface area contributed by atoms with Crippen LogP contribution in [0.4, 0.5) is 0 Å². The molecule has 19 heavy (non-hydrogen) atoms. The van der Waals surface area contributed by atoms with Gasteiger partial charge in [0, 0.05) is 3.58 Å². The van der Waals surface area contributed by atoms with Crippen molar-refractivity contribution in [3.8, 4) is 0 Å². The number of ether oxygens (including phenoxy) is 3. The zero-order valence-corrected chi connectivity index (χ0v) is 12.4. The molecule has 0 aromatic heterocycles. The molecular weight excluding hydrogens is 359 g/mol. The quantitative estimate of drug-likeness (QED) is 0.823. The number of aliphatic hydroxyl groups is 1. The zero-order valence-electron chi connectivity index (χ0n) is 10.2. The Morgan fingerprint density at radius 3 is 2.84 bits per heavy atom. The van der Waals surface area contributed by atoms with E-state index < -0.39 is 6.10 Å². The molecular formula is C14H15IO4. The summed E-state index contributed by atoms with van der Waals surface area (Å²) >= 11 is 2.22. The standard InChI is InChI=1S/C14H15IO4/c15-10-6-11(12(16)14-13(10)18-8-19-14)17-7-9-4-2-1-3-5-9/h1-6,11-14,16H,7-8H2/t11-,12-,13-,14+/m1/s1. The molecule has 0 unspecified atom stereocenters. The van der Waals surface area contributed by atoms with Crippen LogP contribution in [0.25, 0.3) is 0 Å². The van der Waals surface area contributed by atoms with Crippen LogP contribution in [0, 0.1) is 0 Å². The highest BCUT2D eigenvalue weighted by molar-refractivity contribution is 14.1. The van der Waals surface area contributed by atoms with Crippen molar-refractivity contribution in [3.05, 3.63) is 45.6 Å². The molecule has 5 heteroatoms. The van der Waals surface area contributed by atoms with E-state index in [2.05, 4.69) is 22.6 Å². The summed E-state index contributed by atoms with van der Waals surface area (Å²) in [6, 6.07) is 9.92. The van der Waals surface area contributed by atoms with Crippen LogP contribution in [-0.4, -0.2) is 36.3 Å². The second-order valence-electron chi connectivity index (χ2n) is 4.64. The maximum absolute atomic E-state index is 10.3. The Hall–Kier alpha value is -0.470. The van der Waals surface area contributed by atoms with Gasteiger partial charge in [-0.25, -0.2) is 0 Å². The smallest absolute Gasteiger partial charge is 0.148 e. The monoisotopic (exact) mass is 374 g/mol. The van der Waals surface area contributed by atoms with E-state index in [0.29, 0.717) is 6.61 Å². The van der Waals surface area contributed by atoms with Gasteiger partial charge in [0.1, 0.15) is 31.2 Å². The summed E-state index contributed by atoms with van der Waals surface area (Å²) < 4.78 is 17.7. The van der Waals surface area contributed by atoms with Gasteiger partial charge in [-0.3, -0.25) is 0 Å². The minimum absolute atomic E-state index is 0.146. The van der Waals surface area contributed by atoms with Gasteiger partial charge in [-0.05, 0) is 34.2 Å². The van der Waals surface area contributed by atoms with Crippen LogP contribution in [0.2, 0.25) is 0 Å². The highest BCUT2D eigenvalue weighted by Gasteiger charge is 2.44. The van der Waals surface area contributed by atoms with Crippen molar-refractivity contribution in [1.82, 2.24) is 0 Å². The van der Waals surface area contributed by atoms with Crippen molar-refractivity contribution < 1.29 is 19.3 Å². The predicted octanol–water partition coefficient (Wildman–Crippen LogP) is 2.01. The molecule has 1 heterocycles. The topological polar surface area (TPSA) is 47.9 Å². The van der Waals surface area contributed by atoms with E-state index in [9.17, 15) is 5.11 Å². The largest absolute Gasteiger partial charge is 0.387 e. The molecule has 0 bridgehead atoms. The van der Waals surface area contributed by atoms with E-state index in [1.54, 1.807) is 0 Å². The van der Waals surface area contributed by atoms with Gasteiger partial charge in [0.25, 0.3) is 0 Å². The first kappa shape index (κ1) is 13.5. The summed E-state index contributed by atoms with van der Waals surface area (Å²) in [5, 5.41) is 10.3. The number of halogens is 1. The Bertz CT molecular complexity index is 462. The van der Waals surface area contributed by atoms with Crippen molar-refractivity contribution >= 4 is 22.6 Å². The third kappa shape index (κ3) is 2.85. The molecule has 1 aliphatic heterocycles. The number of benzene rings is 1. The highest BCUT2D eigenvalue weighted by atomic mass is 127. The number of hydrogen-bond acceptors (Lipinski definition) is 4. The lowest BCUT2D eigenvalue weighted by Gasteiger charge is -2.32. The third-order valence-corrected chi connectivity index (χ3v) is 4.33. The summed E-state index contributed by atoms with van der Waals surface area (Å²) in [6.07, 6.45) is 0.416. The first-order valence-corrected chi connectivity index (χ1v) is 7.27. The number of hydrogen-bond donors (Lipinski definition) is 1. The van der Waals surface area contributed by atoms with Crippen LogP contribution in [0.5, 0.6) is 0 Å². The zero-order chi connectivity index (χ0) is 13.2. The molecule has 4 atom stereocenters. The van der Waals surface area contributed by atoms with E-state index in [-0.39, 0.29) is 25.1 Å². The molecule has 1 fully saturated rings. The minimum Gasteiger partial charge on any atom is -0.387 e. The highest BCUT2D eigenvalue weighted by Crippen LogP contribution is 2.34. The van der Waals surface area contributed by atoms with Crippen molar-refractivity contribution in [3.63, 3.8) is 0 Å². The molecule has 1 saturated heterocycles. The lowest BCUT2D eigenvalue weighted by molar-refractivity contribution is -0.0876. The van der Waals surface area contributed by atoms with Crippen LogP contribution in [-0.2, 0) is 20.8 Å². The Balaban J connectivity index is 1.68. The molecule has 0 radical (unpaired) electrons. The first-order valence-electron chi connectivity index (χ1n) is 6.20. The van der Waals surface area contributed by atoms with Gasteiger partial charge in [-0.2, -0.15) is 0 Å². The summed E-state index contributed by atoms with van der Waals surface area (Å²) in [5.41, 5.74) is 1.09. The minimum atomic E-state index is -0.685. The fourth-order valence-corrected chi connectivity index (χ4v) is 3.23. The SMILES string of the molecule is O[C@H]1[C@@H]2OCO[C@@H]2C(I)=C[C@H]1OCc1ccccc1. The molecule has 1 aliphatic carbocycles. The van der Waals surface area contributed by atoms with Gasteiger partial charge in [-0.1, -0.05) is 30.3 Å². The van der Waals surface area contributed by atoms with Crippen LogP contribution in [0.15, 0.2) is 40.0 Å². The van der Waals surface area contributed by atoms with E-state index >= 15 is 0 Å². The van der Waals surface area contributed by atoms with E-state index in [1.165, 1.54) is 0 Å². The normalized spacial score (nSPS) is 33.9. The van der Waals surface area contributed by atoms with Gasteiger partial charge in [0.15, 0.2) is 0 Å². The van der Waals surface area contributed by atoms with Crippen LogP contribution in [0.3, 0.4) is 0 Å². The number of fused-ring (bicyclic) bond motifs is 1. The predicted molar refractivity (Wildman–Crippen MR) is 77.7 cm³/mol. The van der Waals surface area contributed by atoms with Crippen molar-refractivity contribution in [2.75, 3.05) is 6.79 Å².